The Morgan fingerprint density at radius 1 is 1.33 bits per heavy atom. The van der Waals surface area contributed by atoms with E-state index in [1.54, 1.807) is 7.11 Å². The SMILES string of the molecule is CN=C(NCC1CCCOC1C(C)(C)C)N(C)Cc1ccccc1OC.I. The summed E-state index contributed by atoms with van der Waals surface area (Å²) >= 11 is 0. The molecule has 2 atom stereocenters. The number of ether oxygens (including phenoxy) is 2. The van der Waals surface area contributed by atoms with Crippen molar-refractivity contribution in [2.45, 2.75) is 46.3 Å². The Morgan fingerprint density at radius 3 is 2.67 bits per heavy atom. The van der Waals surface area contributed by atoms with Crippen LogP contribution >= 0.6 is 24.0 Å². The van der Waals surface area contributed by atoms with E-state index in [4.69, 9.17) is 9.47 Å². The second kappa shape index (κ2) is 11.1. The molecule has 1 aromatic rings. The van der Waals surface area contributed by atoms with Gasteiger partial charge in [0.2, 0.25) is 0 Å². The Balaban J connectivity index is 0.00000364. The van der Waals surface area contributed by atoms with Gasteiger partial charge in [-0.1, -0.05) is 39.0 Å². The quantitative estimate of drug-likeness (QED) is 0.384. The molecule has 2 rings (SSSR count). The van der Waals surface area contributed by atoms with Gasteiger partial charge in [0, 0.05) is 45.3 Å². The van der Waals surface area contributed by atoms with Crippen molar-refractivity contribution in [3.05, 3.63) is 29.8 Å². The zero-order valence-electron chi connectivity index (χ0n) is 17.6. The van der Waals surface area contributed by atoms with Gasteiger partial charge >= 0.3 is 0 Å². The fourth-order valence-corrected chi connectivity index (χ4v) is 3.78. The minimum Gasteiger partial charge on any atom is -0.496 e. The van der Waals surface area contributed by atoms with Crippen LogP contribution in [0.2, 0.25) is 0 Å². The first-order chi connectivity index (χ1) is 12.4. The summed E-state index contributed by atoms with van der Waals surface area (Å²) in [6, 6.07) is 8.11. The summed E-state index contributed by atoms with van der Waals surface area (Å²) in [6.45, 7) is 9.29. The maximum Gasteiger partial charge on any atom is 0.193 e. The summed E-state index contributed by atoms with van der Waals surface area (Å²) in [6.07, 6.45) is 2.61. The van der Waals surface area contributed by atoms with E-state index >= 15 is 0 Å². The van der Waals surface area contributed by atoms with Crippen LogP contribution in [0, 0.1) is 11.3 Å². The number of hydrogen-bond acceptors (Lipinski definition) is 3. The third kappa shape index (κ3) is 6.82. The number of aliphatic imine (C=N–C) groups is 1. The molecule has 0 saturated carbocycles. The maximum atomic E-state index is 6.10. The molecule has 1 aliphatic heterocycles. The minimum absolute atomic E-state index is 0. The molecule has 27 heavy (non-hydrogen) atoms. The lowest BCUT2D eigenvalue weighted by Gasteiger charge is -2.40. The van der Waals surface area contributed by atoms with Gasteiger partial charge in [0.15, 0.2) is 5.96 Å². The number of benzene rings is 1. The first-order valence-corrected chi connectivity index (χ1v) is 9.52. The fourth-order valence-electron chi connectivity index (χ4n) is 3.78. The van der Waals surface area contributed by atoms with Crippen LogP contribution in [-0.2, 0) is 11.3 Å². The Bertz CT molecular complexity index is 601. The van der Waals surface area contributed by atoms with E-state index in [-0.39, 0.29) is 35.5 Å². The average Bonchev–Trinajstić information content (AvgIpc) is 2.62. The first kappa shape index (κ1) is 24.0. The summed E-state index contributed by atoms with van der Waals surface area (Å²) in [4.78, 5) is 6.59. The molecule has 0 spiro atoms. The van der Waals surface area contributed by atoms with Gasteiger partial charge in [-0.05, 0) is 24.3 Å². The van der Waals surface area contributed by atoms with Gasteiger partial charge in [0.05, 0.1) is 13.2 Å². The van der Waals surface area contributed by atoms with Crippen molar-refractivity contribution >= 4 is 29.9 Å². The van der Waals surface area contributed by atoms with E-state index in [2.05, 4.69) is 49.1 Å². The van der Waals surface area contributed by atoms with Crippen LogP contribution in [0.1, 0.15) is 39.2 Å². The highest BCUT2D eigenvalue weighted by molar-refractivity contribution is 14.0. The maximum absolute atomic E-state index is 6.10. The van der Waals surface area contributed by atoms with Gasteiger partial charge in [-0.2, -0.15) is 0 Å². The smallest absolute Gasteiger partial charge is 0.193 e. The number of guanidine groups is 1. The van der Waals surface area contributed by atoms with Gasteiger partial charge in [0.25, 0.3) is 0 Å². The zero-order valence-corrected chi connectivity index (χ0v) is 19.9. The molecular weight excluding hydrogens is 453 g/mol. The summed E-state index contributed by atoms with van der Waals surface area (Å²) in [5.41, 5.74) is 1.30. The molecule has 1 heterocycles. The number of halogens is 1. The highest BCUT2D eigenvalue weighted by Crippen LogP contribution is 2.33. The van der Waals surface area contributed by atoms with Gasteiger partial charge < -0.3 is 19.7 Å². The van der Waals surface area contributed by atoms with E-state index in [0.29, 0.717) is 5.92 Å². The summed E-state index contributed by atoms with van der Waals surface area (Å²) in [7, 11) is 5.60. The predicted molar refractivity (Wildman–Crippen MR) is 123 cm³/mol. The lowest BCUT2D eigenvalue weighted by Crippen LogP contribution is -2.47. The second-order valence-electron chi connectivity index (χ2n) is 8.16. The first-order valence-electron chi connectivity index (χ1n) is 9.52. The molecule has 0 aromatic heterocycles. The molecule has 154 valence electrons. The topological polar surface area (TPSA) is 46.1 Å². The molecule has 1 saturated heterocycles. The summed E-state index contributed by atoms with van der Waals surface area (Å²) < 4.78 is 11.6. The van der Waals surface area contributed by atoms with Crippen molar-refractivity contribution in [2.75, 3.05) is 34.4 Å². The highest BCUT2D eigenvalue weighted by Gasteiger charge is 2.35. The lowest BCUT2D eigenvalue weighted by molar-refractivity contribution is -0.0836. The van der Waals surface area contributed by atoms with Gasteiger partial charge in [-0.15, -0.1) is 24.0 Å². The largest absolute Gasteiger partial charge is 0.496 e. The predicted octanol–water partition coefficient (Wildman–Crippen LogP) is 4.16. The molecular formula is C21H36IN3O2. The van der Waals surface area contributed by atoms with Crippen LogP contribution in [0.15, 0.2) is 29.3 Å². The average molecular weight is 489 g/mol. The lowest BCUT2D eigenvalue weighted by atomic mass is 9.78. The van der Waals surface area contributed by atoms with Gasteiger partial charge in [-0.25, -0.2) is 0 Å². The Hall–Kier alpha value is -1.02. The van der Waals surface area contributed by atoms with Crippen LogP contribution in [0.3, 0.4) is 0 Å². The fraction of sp³-hybridized carbons (Fsp3) is 0.667. The summed E-state index contributed by atoms with van der Waals surface area (Å²) in [5.74, 6) is 2.30. The normalized spacial score (nSPS) is 20.6. The molecule has 0 aliphatic carbocycles. The Labute approximate surface area is 181 Å². The van der Waals surface area contributed by atoms with E-state index < -0.39 is 0 Å². The van der Waals surface area contributed by atoms with E-state index in [1.807, 2.05) is 25.2 Å². The monoisotopic (exact) mass is 489 g/mol. The van der Waals surface area contributed by atoms with Crippen molar-refractivity contribution in [1.82, 2.24) is 10.2 Å². The number of para-hydroxylation sites is 1. The molecule has 1 fully saturated rings. The number of nitrogens with zero attached hydrogens (tertiary/aromatic N) is 2. The Morgan fingerprint density at radius 2 is 2.04 bits per heavy atom. The number of nitrogens with one attached hydrogen (secondary N) is 1. The number of methoxy groups -OCH3 is 1. The van der Waals surface area contributed by atoms with Crippen LogP contribution in [0.4, 0.5) is 0 Å². The zero-order chi connectivity index (χ0) is 19.2. The third-order valence-electron chi connectivity index (χ3n) is 4.99. The standard InChI is InChI=1S/C21H35N3O2.HI/c1-21(2,3)19-16(11-9-13-26-19)14-23-20(22-4)24(5)15-17-10-7-8-12-18(17)25-6;/h7-8,10,12,16,19H,9,11,13-15H2,1-6H3,(H,22,23);1H. The van der Waals surface area contributed by atoms with Crippen LogP contribution in [0.5, 0.6) is 5.75 Å². The van der Waals surface area contributed by atoms with Gasteiger partial charge in [-0.3, -0.25) is 4.99 Å². The van der Waals surface area contributed by atoms with E-state index in [1.165, 1.54) is 6.42 Å². The van der Waals surface area contributed by atoms with Crippen molar-refractivity contribution < 1.29 is 9.47 Å². The van der Waals surface area contributed by atoms with Crippen LogP contribution in [0.25, 0.3) is 0 Å². The van der Waals surface area contributed by atoms with Crippen molar-refractivity contribution in [2.24, 2.45) is 16.3 Å². The molecule has 2 unspecified atom stereocenters. The van der Waals surface area contributed by atoms with E-state index in [9.17, 15) is 0 Å². The van der Waals surface area contributed by atoms with Crippen molar-refractivity contribution in [3.8, 4) is 5.75 Å². The molecule has 0 bridgehead atoms. The molecule has 0 amide bonds. The third-order valence-corrected chi connectivity index (χ3v) is 4.99. The molecule has 1 aliphatic rings. The molecule has 5 nitrogen and oxygen atoms in total. The molecule has 0 radical (unpaired) electrons. The van der Waals surface area contributed by atoms with Crippen LogP contribution in [-0.4, -0.2) is 51.3 Å². The minimum atomic E-state index is 0. The highest BCUT2D eigenvalue weighted by atomic mass is 127. The second-order valence-corrected chi connectivity index (χ2v) is 8.16. The van der Waals surface area contributed by atoms with Gasteiger partial charge in [0.1, 0.15) is 5.75 Å². The molecule has 1 N–H and O–H groups in total. The van der Waals surface area contributed by atoms with Crippen molar-refractivity contribution in [1.29, 1.82) is 0 Å². The van der Waals surface area contributed by atoms with Crippen LogP contribution < -0.4 is 10.1 Å². The Kier molecular flexibility index (Phi) is 9.87. The van der Waals surface area contributed by atoms with Crippen molar-refractivity contribution in [3.63, 3.8) is 0 Å². The van der Waals surface area contributed by atoms with E-state index in [0.717, 1.165) is 43.4 Å². The number of rotatable bonds is 5. The number of hydrogen-bond donors (Lipinski definition) is 1. The molecule has 6 heteroatoms. The summed E-state index contributed by atoms with van der Waals surface area (Å²) in [5, 5.41) is 3.55. The molecule has 1 aromatic carbocycles.